The van der Waals surface area contributed by atoms with Crippen molar-refractivity contribution in [2.24, 2.45) is 0 Å². The maximum atomic E-state index is 12.6. The molecule has 146 valence electrons. The highest BCUT2D eigenvalue weighted by Gasteiger charge is 2.30. The van der Waals surface area contributed by atoms with E-state index in [0.29, 0.717) is 18.7 Å². The fraction of sp³-hybridized carbons (Fsp3) is 0.318. The molecule has 0 aromatic heterocycles. The fourth-order valence-corrected chi connectivity index (χ4v) is 3.57. The average Bonchev–Trinajstić information content (AvgIpc) is 2.72. The number of fused-ring (bicyclic) bond motifs is 1. The number of rotatable bonds is 5. The lowest BCUT2D eigenvalue weighted by Gasteiger charge is -2.36. The Kier molecular flexibility index (Phi) is 6.09. The van der Waals surface area contributed by atoms with Crippen LogP contribution >= 0.6 is 0 Å². The van der Waals surface area contributed by atoms with Crippen LogP contribution in [0, 0.1) is 0 Å². The van der Waals surface area contributed by atoms with Gasteiger partial charge in [-0.15, -0.1) is 0 Å². The summed E-state index contributed by atoms with van der Waals surface area (Å²) in [5, 5.41) is 2.91. The van der Waals surface area contributed by atoms with E-state index in [9.17, 15) is 14.4 Å². The number of esters is 1. The van der Waals surface area contributed by atoms with Crippen LogP contribution in [0.5, 0.6) is 0 Å². The van der Waals surface area contributed by atoms with E-state index in [1.165, 1.54) is 12.7 Å². The highest BCUT2D eigenvalue weighted by Crippen LogP contribution is 2.32. The van der Waals surface area contributed by atoms with Crippen LogP contribution in [-0.2, 0) is 27.3 Å². The first-order chi connectivity index (χ1) is 13.5. The second kappa shape index (κ2) is 8.69. The normalized spacial score (nSPS) is 15.5. The Hall–Kier alpha value is -3.15. The summed E-state index contributed by atoms with van der Waals surface area (Å²) >= 11 is 0. The highest BCUT2D eigenvalue weighted by atomic mass is 16.5. The number of nitrogens with one attached hydrogen (secondary N) is 1. The monoisotopic (exact) mass is 380 g/mol. The second-order valence-electron chi connectivity index (χ2n) is 6.85. The van der Waals surface area contributed by atoms with Crippen molar-refractivity contribution in [1.29, 1.82) is 0 Å². The van der Waals surface area contributed by atoms with Crippen LogP contribution in [0.2, 0.25) is 0 Å². The van der Waals surface area contributed by atoms with E-state index in [4.69, 9.17) is 0 Å². The molecule has 2 aromatic rings. The van der Waals surface area contributed by atoms with Crippen molar-refractivity contribution in [3.63, 3.8) is 0 Å². The van der Waals surface area contributed by atoms with Gasteiger partial charge >= 0.3 is 5.97 Å². The van der Waals surface area contributed by atoms with Gasteiger partial charge in [0.05, 0.1) is 25.1 Å². The van der Waals surface area contributed by atoms with Gasteiger partial charge in [-0.25, -0.2) is 4.79 Å². The highest BCUT2D eigenvalue weighted by molar-refractivity contribution is 5.89. The fourth-order valence-electron chi connectivity index (χ4n) is 3.57. The molecule has 2 amide bonds. The molecule has 0 bridgehead atoms. The van der Waals surface area contributed by atoms with Gasteiger partial charge in [0.1, 0.15) is 0 Å². The van der Waals surface area contributed by atoms with E-state index in [2.05, 4.69) is 16.1 Å². The number of carbonyl (C=O) groups is 3. The average molecular weight is 380 g/mol. The third-order valence-electron chi connectivity index (χ3n) is 5.06. The van der Waals surface area contributed by atoms with Gasteiger partial charge in [-0.2, -0.15) is 0 Å². The van der Waals surface area contributed by atoms with E-state index in [-0.39, 0.29) is 24.3 Å². The molecule has 0 saturated heterocycles. The number of benzene rings is 2. The molecular weight excluding hydrogens is 356 g/mol. The van der Waals surface area contributed by atoms with Crippen molar-refractivity contribution in [2.75, 3.05) is 13.7 Å². The van der Waals surface area contributed by atoms with E-state index < -0.39 is 5.97 Å². The summed E-state index contributed by atoms with van der Waals surface area (Å²) in [5.41, 5.74) is 3.58. The minimum Gasteiger partial charge on any atom is -0.465 e. The van der Waals surface area contributed by atoms with Crippen molar-refractivity contribution in [3.05, 3.63) is 70.8 Å². The van der Waals surface area contributed by atoms with Crippen LogP contribution in [0.1, 0.15) is 46.4 Å². The van der Waals surface area contributed by atoms with Crippen molar-refractivity contribution < 1.29 is 19.1 Å². The van der Waals surface area contributed by atoms with E-state index in [0.717, 1.165) is 17.5 Å². The first-order valence-electron chi connectivity index (χ1n) is 9.28. The van der Waals surface area contributed by atoms with Gasteiger partial charge in [0, 0.05) is 20.0 Å². The topological polar surface area (TPSA) is 75.7 Å². The third-order valence-corrected chi connectivity index (χ3v) is 5.06. The maximum absolute atomic E-state index is 12.6. The summed E-state index contributed by atoms with van der Waals surface area (Å²) in [6.45, 7) is 2.52. The minimum atomic E-state index is -0.393. The Morgan fingerprint density at radius 2 is 1.82 bits per heavy atom. The number of methoxy groups -OCH3 is 1. The third kappa shape index (κ3) is 4.39. The maximum Gasteiger partial charge on any atom is 0.337 e. The molecule has 0 saturated carbocycles. The van der Waals surface area contributed by atoms with Crippen molar-refractivity contribution in [1.82, 2.24) is 10.2 Å². The van der Waals surface area contributed by atoms with Crippen LogP contribution < -0.4 is 5.32 Å². The molecule has 1 unspecified atom stereocenters. The summed E-state index contributed by atoms with van der Waals surface area (Å²) in [6, 6.07) is 14.6. The quantitative estimate of drug-likeness (QED) is 0.809. The Morgan fingerprint density at radius 3 is 2.50 bits per heavy atom. The van der Waals surface area contributed by atoms with Gasteiger partial charge in [-0.05, 0) is 35.2 Å². The van der Waals surface area contributed by atoms with E-state index in [1.54, 1.807) is 36.1 Å². The molecule has 6 heteroatoms. The Bertz CT molecular complexity index is 876. The first-order valence-corrected chi connectivity index (χ1v) is 9.28. The summed E-state index contributed by atoms with van der Waals surface area (Å²) in [4.78, 5) is 37.9. The van der Waals surface area contributed by atoms with Gasteiger partial charge in [-0.3, -0.25) is 9.59 Å². The first kappa shape index (κ1) is 19.6. The predicted octanol–water partition coefficient (Wildman–Crippen LogP) is 2.63. The Labute approximate surface area is 164 Å². The molecule has 28 heavy (non-hydrogen) atoms. The van der Waals surface area contributed by atoms with Crippen molar-refractivity contribution in [2.45, 2.75) is 32.4 Å². The Morgan fingerprint density at radius 1 is 1.11 bits per heavy atom. The van der Waals surface area contributed by atoms with Gasteiger partial charge in [-0.1, -0.05) is 36.4 Å². The van der Waals surface area contributed by atoms with Crippen LogP contribution in [0.3, 0.4) is 0 Å². The zero-order valence-electron chi connectivity index (χ0n) is 16.1. The van der Waals surface area contributed by atoms with Gasteiger partial charge in [0.25, 0.3) is 0 Å². The lowest BCUT2D eigenvalue weighted by molar-refractivity contribution is -0.133. The zero-order valence-corrected chi connectivity index (χ0v) is 16.1. The van der Waals surface area contributed by atoms with Gasteiger partial charge in [0.15, 0.2) is 0 Å². The minimum absolute atomic E-state index is 0.0225. The molecule has 1 aliphatic rings. The van der Waals surface area contributed by atoms with Crippen LogP contribution in [0.15, 0.2) is 48.5 Å². The number of nitrogens with zero attached hydrogens (tertiary/aromatic N) is 1. The zero-order chi connectivity index (χ0) is 20.1. The molecular formula is C22H24N2O4. The molecule has 0 aliphatic carbocycles. The van der Waals surface area contributed by atoms with Gasteiger partial charge in [0.2, 0.25) is 11.8 Å². The number of ether oxygens (including phenoxy) is 1. The predicted molar refractivity (Wildman–Crippen MR) is 105 cm³/mol. The smallest absolute Gasteiger partial charge is 0.337 e. The lowest BCUT2D eigenvalue weighted by atomic mass is 9.90. The summed E-state index contributed by atoms with van der Waals surface area (Å²) in [7, 11) is 1.34. The molecule has 2 aromatic carbocycles. The molecule has 1 N–H and O–H groups in total. The summed E-state index contributed by atoms with van der Waals surface area (Å²) in [6.07, 6.45) is 1.03. The number of hydrogen-bond donors (Lipinski definition) is 1. The van der Waals surface area contributed by atoms with E-state index in [1.807, 2.05) is 18.2 Å². The lowest BCUT2D eigenvalue weighted by Crippen LogP contribution is -2.41. The van der Waals surface area contributed by atoms with Crippen LogP contribution in [-0.4, -0.2) is 36.3 Å². The largest absolute Gasteiger partial charge is 0.465 e. The molecule has 6 nitrogen and oxygen atoms in total. The van der Waals surface area contributed by atoms with Crippen LogP contribution in [0.4, 0.5) is 0 Å². The molecule has 3 rings (SSSR count). The number of hydrogen-bond acceptors (Lipinski definition) is 4. The molecule has 0 radical (unpaired) electrons. The molecule has 1 atom stereocenters. The van der Waals surface area contributed by atoms with E-state index >= 15 is 0 Å². The summed E-state index contributed by atoms with van der Waals surface area (Å²) < 4.78 is 4.68. The number of amides is 2. The molecule has 1 heterocycles. The second-order valence-corrected chi connectivity index (χ2v) is 6.85. The van der Waals surface area contributed by atoms with Crippen molar-refractivity contribution >= 4 is 17.8 Å². The number of carbonyl (C=O) groups excluding carboxylic acids is 3. The molecule has 0 fully saturated rings. The van der Waals surface area contributed by atoms with Crippen LogP contribution in [0.25, 0.3) is 0 Å². The Balaban J connectivity index is 1.65. The van der Waals surface area contributed by atoms with Gasteiger partial charge < -0.3 is 15.0 Å². The molecule has 1 aliphatic heterocycles. The van der Waals surface area contributed by atoms with Crippen molar-refractivity contribution in [3.8, 4) is 0 Å². The summed E-state index contributed by atoms with van der Waals surface area (Å²) in [5.74, 6) is -0.536. The standard InChI is InChI=1S/C22H24N2O4/c1-15(25)24-12-11-17-5-3-4-6-19(17)20(24)13-21(26)23-14-16-7-9-18(10-8-16)22(27)28-2/h3-10,20H,11-14H2,1-2H3,(H,23,26). The SMILES string of the molecule is COC(=O)c1ccc(CNC(=O)CC2c3ccccc3CCN2C(C)=O)cc1. The molecule has 0 spiro atoms.